The van der Waals surface area contributed by atoms with E-state index in [0.29, 0.717) is 12.1 Å². The van der Waals surface area contributed by atoms with Crippen LogP contribution in [0.3, 0.4) is 0 Å². The molecule has 0 saturated heterocycles. The Morgan fingerprint density at radius 1 is 1.55 bits per heavy atom. The Bertz CT molecular complexity index is 275. The number of carbonyl (C=O) groups excluding carboxylic acids is 1. The van der Waals surface area contributed by atoms with Gasteiger partial charge in [-0.1, -0.05) is 0 Å². The molecule has 0 aliphatic rings. The van der Waals surface area contributed by atoms with Crippen LogP contribution in [0.2, 0.25) is 0 Å². The van der Waals surface area contributed by atoms with Gasteiger partial charge in [-0.2, -0.15) is 0 Å². The van der Waals surface area contributed by atoms with Crippen molar-refractivity contribution < 1.29 is 9.18 Å². The number of rotatable bonds is 2. The van der Waals surface area contributed by atoms with Crippen LogP contribution in [0.5, 0.6) is 0 Å². The number of amides is 1. The number of hydrogen-bond donors (Lipinski definition) is 2. The molecule has 1 rings (SSSR count). The summed E-state index contributed by atoms with van der Waals surface area (Å²) in [5.74, 6) is -0.494. The summed E-state index contributed by atoms with van der Waals surface area (Å²) in [6, 6.07) is 3.97. The lowest BCUT2D eigenvalue weighted by Gasteiger charge is -2.00. The van der Waals surface area contributed by atoms with E-state index in [1.807, 2.05) is 0 Å². The number of halogens is 1. The number of benzene rings is 1. The molecule has 4 heteroatoms. The van der Waals surface area contributed by atoms with Crippen molar-refractivity contribution in [3.8, 4) is 0 Å². The lowest BCUT2D eigenvalue weighted by atomic mass is 10.3. The smallest absolute Gasteiger partial charge is 0.211 e. The first-order chi connectivity index (χ1) is 5.24. The van der Waals surface area contributed by atoms with E-state index >= 15 is 0 Å². The maximum absolute atomic E-state index is 12.7. The Morgan fingerprint density at radius 3 is 2.91 bits per heavy atom. The lowest BCUT2D eigenvalue weighted by molar-refractivity contribution is -0.105. The number of nitrogens with one attached hydrogen (secondary N) is 1. The first kappa shape index (κ1) is 7.53. The van der Waals surface area contributed by atoms with E-state index in [1.54, 1.807) is 0 Å². The van der Waals surface area contributed by atoms with Crippen LogP contribution >= 0.6 is 0 Å². The molecule has 0 fully saturated rings. The Kier molecular flexibility index (Phi) is 2.06. The van der Waals surface area contributed by atoms with Crippen molar-refractivity contribution in [2.75, 3.05) is 11.1 Å². The van der Waals surface area contributed by atoms with E-state index < -0.39 is 5.82 Å². The van der Waals surface area contributed by atoms with Gasteiger partial charge in [0.25, 0.3) is 0 Å². The molecule has 0 aliphatic heterocycles. The minimum Gasteiger partial charge on any atom is -0.399 e. The van der Waals surface area contributed by atoms with Crippen LogP contribution in [-0.2, 0) is 4.79 Å². The topological polar surface area (TPSA) is 55.1 Å². The maximum atomic E-state index is 12.7. The predicted octanol–water partition coefficient (Wildman–Crippen LogP) is 0.976. The fourth-order valence-corrected chi connectivity index (χ4v) is 0.717. The molecule has 1 aromatic rings. The van der Waals surface area contributed by atoms with Gasteiger partial charge in [0.2, 0.25) is 6.41 Å². The Morgan fingerprint density at radius 2 is 2.27 bits per heavy atom. The fourth-order valence-electron chi connectivity index (χ4n) is 0.717. The monoisotopic (exact) mass is 154 g/mol. The molecule has 0 aliphatic carbocycles. The van der Waals surface area contributed by atoms with E-state index in [4.69, 9.17) is 5.73 Å². The number of carbonyl (C=O) groups is 1. The maximum Gasteiger partial charge on any atom is 0.211 e. The molecule has 3 nitrogen and oxygen atoms in total. The standard InChI is InChI=1S/C7H7FN2O/c8-6-2-1-5(9)3-7(6)10-4-11/h1-4H,9H2,(H,10,11). The van der Waals surface area contributed by atoms with Gasteiger partial charge in [-0.15, -0.1) is 0 Å². The summed E-state index contributed by atoms with van der Waals surface area (Å²) in [6.07, 6.45) is 0.401. The highest BCUT2D eigenvalue weighted by atomic mass is 19.1. The van der Waals surface area contributed by atoms with Gasteiger partial charge in [-0.3, -0.25) is 4.79 Å². The van der Waals surface area contributed by atoms with Gasteiger partial charge in [0.1, 0.15) is 5.82 Å². The van der Waals surface area contributed by atoms with Crippen LogP contribution in [0, 0.1) is 5.82 Å². The van der Waals surface area contributed by atoms with Gasteiger partial charge < -0.3 is 11.1 Å². The summed E-state index contributed by atoms with van der Waals surface area (Å²) in [6.45, 7) is 0. The zero-order valence-electron chi connectivity index (χ0n) is 5.67. The summed E-state index contributed by atoms with van der Waals surface area (Å²) in [7, 11) is 0. The molecular formula is C7H7FN2O. The summed E-state index contributed by atoms with van der Waals surface area (Å²) in [5, 5.41) is 2.18. The molecule has 11 heavy (non-hydrogen) atoms. The van der Waals surface area contributed by atoms with Crippen molar-refractivity contribution in [2.24, 2.45) is 0 Å². The molecule has 1 amide bonds. The minimum atomic E-state index is -0.494. The van der Waals surface area contributed by atoms with E-state index in [1.165, 1.54) is 18.2 Å². The Labute approximate surface area is 63.0 Å². The van der Waals surface area contributed by atoms with Crippen LogP contribution in [0.4, 0.5) is 15.8 Å². The van der Waals surface area contributed by atoms with Crippen molar-refractivity contribution in [1.82, 2.24) is 0 Å². The predicted molar refractivity (Wildman–Crippen MR) is 40.5 cm³/mol. The minimum absolute atomic E-state index is 0.0972. The first-order valence-corrected chi connectivity index (χ1v) is 2.99. The van der Waals surface area contributed by atoms with E-state index in [2.05, 4.69) is 5.32 Å². The van der Waals surface area contributed by atoms with E-state index in [0.717, 1.165) is 0 Å². The highest BCUT2D eigenvalue weighted by Gasteiger charge is 1.99. The van der Waals surface area contributed by atoms with Gasteiger partial charge >= 0.3 is 0 Å². The molecule has 0 bridgehead atoms. The number of anilines is 2. The van der Waals surface area contributed by atoms with Crippen molar-refractivity contribution in [3.63, 3.8) is 0 Å². The molecule has 0 unspecified atom stereocenters. The second kappa shape index (κ2) is 3.01. The molecule has 0 atom stereocenters. The van der Waals surface area contributed by atoms with Crippen molar-refractivity contribution in [3.05, 3.63) is 24.0 Å². The van der Waals surface area contributed by atoms with Crippen molar-refractivity contribution >= 4 is 17.8 Å². The Hall–Kier alpha value is -1.58. The third kappa shape index (κ3) is 1.67. The summed E-state index contributed by atoms with van der Waals surface area (Å²) < 4.78 is 12.7. The normalized spacial score (nSPS) is 9.18. The molecule has 0 saturated carbocycles. The number of nitrogen functional groups attached to an aromatic ring is 1. The molecule has 0 heterocycles. The third-order valence-electron chi connectivity index (χ3n) is 1.20. The van der Waals surface area contributed by atoms with Crippen molar-refractivity contribution in [2.45, 2.75) is 0 Å². The number of hydrogen-bond acceptors (Lipinski definition) is 2. The summed E-state index contributed by atoms with van der Waals surface area (Å²) in [4.78, 5) is 9.92. The highest BCUT2D eigenvalue weighted by Crippen LogP contribution is 2.15. The van der Waals surface area contributed by atoms with Crippen LogP contribution in [0.15, 0.2) is 18.2 Å². The van der Waals surface area contributed by atoms with Gasteiger partial charge in [0, 0.05) is 5.69 Å². The van der Waals surface area contributed by atoms with Crippen LogP contribution in [0.25, 0.3) is 0 Å². The third-order valence-corrected chi connectivity index (χ3v) is 1.20. The largest absolute Gasteiger partial charge is 0.399 e. The fraction of sp³-hybridized carbons (Fsp3) is 0. The van der Waals surface area contributed by atoms with Gasteiger partial charge in [-0.05, 0) is 18.2 Å². The summed E-state index contributed by atoms with van der Waals surface area (Å²) >= 11 is 0. The second-order valence-electron chi connectivity index (χ2n) is 2.00. The molecule has 0 aromatic heterocycles. The van der Waals surface area contributed by atoms with Gasteiger partial charge in [0.15, 0.2) is 0 Å². The van der Waals surface area contributed by atoms with Gasteiger partial charge in [-0.25, -0.2) is 4.39 Å². The number of nitrogens with two attached hydrogens (primary N) is 1. The first-order valence-electron chi connectivity index (χ1n) is 2.99. The van der Waals surface area contributed by atoms with Crippen molar-refractivity contribution in [1.29, 1.82) is 0 Å². The highest BCUT2D eigenvalue weighted by molar-refractivity contribution is 5.73. The quantitative estimate of drug-likeness (QED) is 0.492. The van der Waals surface area contributed by atoms with E-state index in [9.17, 15) is 9.18 Å². The molecule has 1 aromatic carbocycles. The molecular weight excluding hydrogens is 147 g/mol. The van der Waals surface area contributed by atoms with Crippen LogP contribution in [0.1, 0.15) is 0 Å². The molecule has 0 spiro atoms. The molecule has 3 N–H and O–H groups in total. The summed E-state index contributed by atoms with van der Waals surface area (Å²) in [5.41, 5.74) is 5.85. The Balaban J connectivity index is 3.01. The average molecular weight is 154 g/mol. The zero-order chi connectivity index (χ0) is 8.27. The van der Waals surface area contributed by atoms with Gasteiger partial charge in [0.05, 0.1) is 5.69 Å². The molecule has 58 valence electrons. The van der Waals surface area contributed by atoms with Crippen LogP contribution < -0.4 is 11.1 Å². The lowest BCUT2D eigenvalue weighted by Crippen LogP contribution is -1.97. The van der Waals surface area contributed by atoms with E-state index in [-0.39, 0.29) is 5.69 Å². The average Bonchev–Trinajstić information content (AvgIpc) is 1.98. The SMILES string of the molecule is Nc1ccc(F)c(NC=O)c1. The second-order valence-corrected chi connectivity index (χ2v) is 2.00. The zero-order valence-corrected chi connectivity index (χ0v) is 5.67. The van der Waals surface area contributed by atoms with Crippen LogP contribution in [-0.4, -0.2) is 6.41 Å². The molecule has 0 radical (unpaired) electrons.